The van der Waals surface area contributed by atoms with Crippen LogP contribution in [0.1, 0.15) is 50.1 Å². The molecule has 3 fully saturated rings. The van der Waals surface area contributed by atoms with E-state index >= 15 is 8.78 Å². The first-order valence-electron chi connectivity index (χ1n) is 12.9. The average molecular weight is 518 g/mol. The number of piperidine rings is 3. The molecule has 2 aromatic rings. The summed E-state index contributed by atoms with van der Waals surface area (Å²) in [7, 11) is 3.12. The van der Waals surface area contributed by atoms with Crippen LogP contribution < -0.4 is 10.2 Å². The van der Waals surface area contributed by atoms with Gasteiger partial charge in [0.15, 0.2) is 0 Å². The maximum Gasteiger partial charge on any atom is 0.409 e. The molecule has 3 aliphatic rings. The molecular formula is C26H33F2N5O4. The second-order valence-corrected chi connectivity index (χ2v) is 10.4. The molecule has 9 nitrogen and oxygen atoms in total. The second kappa shape index (κ2) is 9.90. The fourth-order valence-corrected chi connectivity index (χ4v) is 6.11. The van der Waals surface area contributed by atoms with Gasteiger partial charge in [0.2, 0.25) is 11.8 Å². The van der Waals surface area contributed by atoms with Crippen LogP contribution in [0.15, 0.2) is 18.2 Å². The molecule has 3 aliphatic heterocycles. The highest BCUT2D eigenvalue weighted by atomic mass is 19.3. The minimum Gasteiger partial charge on any atom is -0.453 e. The zero-order chi connectivity index (χ0) is 26.3. The number of ether oxygens (including phenoxy) is 1. The molecule has 0 radical (unpaired) electrons. The smallest absolute Gasteiger partial charge is 0.409 e. The lowest BCUT2D eigenvalue weighted by Crippen LogP contribution is -2.48. The van der Waals surface area contributed by atoms with E-state index in [1.807, 2.05) is 25.2 Å². The number of alkyl halides is 2. The van der Waals surface area contributed by atoms with Crippen molar-refractivity contribution in [2.45, 2.75) is 50.4 Å². The molecule has 11 heteroatoms. The zero-order valence-electron chi connectivity index (χ0n) is 21.2. The predicted octanol–water partition coefficient (Wildman–Crippen LogP) is 3.42. The Bertz CT molecular complexity index is 1200. The summed E-state index contributed by atoms with van der Waals surface area (Å²) < 4.78 is 37.3. The first-order chi connectivity index (χ1) is 17.7. The van der Waals surface area contributed by atoms with E-state index < -0.39 is 29.8 Å². The van der Waals surface area contributed by atoms with Crippen LogP contribution >= 0.6 is 0 Å². The van der Waals surface area contributed by atoms with Crippen LogP contribution in [0.4, 0.5) is 19.3 Å². The maximum absolute atomic E-state index is 15.4. The number of nitrogens with zero attached hydrogens (tertiary/aromatic N) is 4. The zero-order valence-corrected chi connectivity index (χ0v) is 21.2. The molecule has 1 aromatic carbocycles. The Labute approximate surface area is 214 Å². The van der Waals surface area contributed by atoms with Gasteiger partial charge in [-0.2, -0.15) is 5.10 Å². The third-order valence-corrected chi connectivity index (χ3v) is 8.31. The number of carbonyl (C=O) groups is 3. The Kier molecular flexibility index (Phi) is 6.80. The minimum absolute atomic E-state index is 0.260. The summed E-state index contributed by atoms with van der Waals surface area (Å²) >= 11 is 0. The van der Waals surface area contributed by atoms with Gasteiger partial charge in [-0.05, 0) is 50.3 Å². The first kappa shape index (κ1) is 25.4. The number of hydrogen-bond acceptors (Lipinski definition) is 6. The number of halogens is 2. The largest absolute Gasteiger partial charge is 0.453 e. The van der Waals surface area contributed by atoms with Gasteiger partial charge in [-0.15, -0.1) is 0 Å². The number of benzene rings is 1. The number of hydrogen-bond donors (Lipinski definition) is 1. The molecule has 0 spiro atoms. The number of carbonyl (C=O) groups excluding carboxylic acids is 3. The standard InChI is InChI=1S/C26H33F2N5O4/c1-31-21-15-18(3-4-19(21)23(30-31)20-5-6-22(34)29-24(20)35)32-11-7-16(8-12-32)26(27,28)17-9-13-33(14-10-17)25(36)37-2/h3-4,15-17,20H,5-14H2,1-2H3,(H,29,34,35). The molecular weight excluding hydrogens is 484 g/mol. The molecule has 3 saturated heterocycles. The van der Waals surface area contributed by atoms with Gasteiger partial charge in [0.1, 0.15) is 0 Å². The summed E-state index contributed by atoms with van der Waals surface area (Å²) in [5.74, 6) is -5.22. The molecule has 1 atom stereocenters. The van der Waals surface area contributed by atoms with E-state index in [0.29, 0.717) is 51.1 Å². The third-order valence-electron chi connectivity index (χ3n) is 8.31. The number of likely N-dealkylation sites (tertiary alicyclic amines) is 1. The number of aromatic nitrogens is 2. The van der Waals surface area contributed by atoms with Crippen molar-refractivity contribution in [2.24, 2.45) is 18.9 Å². The molecule has 37 heavy (non-hydrogen) atoms. The predicted molar refractivity (Wildman–Crippen MR) is 132 cm³/mol. The van der Waals surface area contributed by atoms with Gasteiger partial charge in [-0.25, -0.2) is 13.6 Å². The van der Waals surface area contributed by atoms with Gasteiger partial charge in [-0.1, -0.05) is 0 Å². The minimum atomic E-state index is -2.77. The highest BCUT2D eigenvalue weighted by Crippen LogP contribution is 2.44. The van der Waals surface area contributed by atoms with Crippen molar-refractivity contribution in [3.05, 3.63) is 23.9 Å². The monoisotopic (exact) mass is 517 g/mol. The Balaban J connectivity index is 1.24. The van der Waals surface area contributed by atoms with Crippen molar-refractivity contribution >= 4 is 34.5 Å². The summed E-state index contributed by atoms with van der Waals surface area (Å²) in [5.41, 5.74) is 2.46. The highest BCUT2D eigenvalue weighted by molar-refractivity contribution is 6.02. The summed E-state index contributed by atoms with van der Waals surface area (Å²) in [6, 6.07) is 5.89. The number of aryl methyl sites for hydroxylation is 1. The van der Waals surface area contributed by atoms with Crippen molar-refractivity contribution in [1.82, 2.24) is 20.0 Å². The summed E-state index contributed by atoms with van der Waals surface area (Å²) in [5, 5.41) is 7.84. The summed E-state index contributed by atoms with van der Waals surface area (Å²) in [6.07, 6.45) is 1.64. The Morgan fingerprint density at radius 2 is 1.70 bits per heavy atom. The molecule has 3 amide bonds. The van der Waals surface area contributed by atoms with E-state index in [2.05, 4.69) is 15.3 Å². The Morgan fingerprint density at radius 1 is 1.05 bits per heavy atom. The molecule has 5 rings (SSSR count). The van der Waals surface area contributed by atoms with Crippen molar-refractivity contribution in [3.63, 3.8) is 0 Å². The number of anilines is 1. The lowest BCUT2D eigenvalue weighted by atomic mass is 9.79. The number of fused-ring (bicyclic) bond motifs is 1. The summed E-state index contributed by atoms with van der Waals surface area (Å²) in [6.45, 7) is 1.67. The van der Waals surface area contributed by atoms with E-state index in [-0.39, 0.29) is 31.1 Å². The fraction of sp³-hybridized carbons (Fsp3) is 0.615. The normalized spacial score (nSPS) is 22.4. The molecule has 1 N–H and O–H groups in total. The van der Waals surface area contributed by atoms with Crippen LogP contribution in [0.5, 0.6) is 0 Å². The van der Waals surface area contributed by atoms with Gasteiger partial charge in [-0.3, -0.25) is 19.6 Å². The van der Waals surface area contributed by atoms with Crippen molar-refractivity contribution in [2.75, 3.05) is 38.2 Å². The summed E-state index contributed by atoms with van der Waals surface area (Å²) in [4.78, 5) is 39.2. The van der Waals surface area contributed by atoms with E-state index in [1.165, 1.54) is 12.0 Å². The van der Waals surface area contributed by atoms with E-state index in [0.717, 1.165) is 16.6 Å². The SMILES string of the molecule is COC(=O)N1CCC(C(F)(F)C2CCN(c3ccc4c(C5CCC(=O)NC5=O)nn(C)c4c3)CC2)CC1. The molecule has 1 aromatic heterocycles. The number of methoxy groups -OCH3 is 1. The lowest BCUT2D eigenvalue weighted by Gasteiger charge is -2.42. The number of nitrogens with one attached hydrogen (secondary N) is 1. The maximum atomic E-state index is 15.4. The van der Waals surface area contributed by atoms with Crippen LogP contribution in [0, 0.1) is 11.8 Å². The van der Waals surface area contributed by atoms with Crippen LogP contribution in [0.2, 0.25) is 0 Å². The van der Waals surface area contributed by atoms with Crippen molar-refractivity contribution in [1.29, 1.82) is 0 Å². The van der Waals surface area contributed by atoms with Gasteiger partial charge in [0, 0.05) is 62.6 Å². The van der Waals surface area contributed by atoms with Gasteiger partial charge in [0.25, 0.3) is 5.92 Å². The number of imide groups is 1. The van der Waals surface area contributed by atoms with Crippen LogP contribution in [-0.4, -0.2) is 71.8 Å². The second-order valence-electron chi connectivity index (χ2n) is 10.4. The van der Waals surface area contributed by atoms with E-state index in [9.17, 15) is 14.4 Å². The van der Waals surface area contributed by atoms with Gasteiger partial charge < -0.3 is 14.5 Å². The Morgan fingerprint density at radius 3 is 2.32 bits per heavy atom. The van der Waals surface area contributed by atoms with Gasteiger partial charge >= 0.3 is 6.09 Å². The molecule has 4 heterocycles. The van der Waals surface area contributed by atoms with Crippen molar-refractivity contribution < 1.29 is 27.9 Å². The van der Waals surface area contributed by atoms with Crippen LogP contribution in [0.25, 0.3) is 10.9 Å². The van der Waals surface area contributed by atoms with Crippen molar-refractivity contribution in [3.8, 4) is 0 Å². The third kappa shape index (κ3) is 4.75. The molecule has 0 bridgehead atoms. The van der Waals surface area contributed by atoms with Gasteiger partial charge in [0.05, 0.1) is 24.2 Å². The number of amides is 3. The quantitative estimate of drug-likeness (QED) is 0.625. The first-order valence-corrected chi connectivity index (χ1v) is 12.9. The number of rotatable bonds is 4. The highest BCUT2D eigenvalue weighted by Gasteiger charge is 2.48. The Hall–Kier alpha value is -3.24. The van der Waals surface area contributed by atoms with Crippen LogP contribution in [0.3, 0.4) is 0 Å². The molecule has 1 unspecified atom stereocenters. The lowest BCUT2D eigenvalue weighted by molar-refractivity contribution is -0.134. The van der Waals surface area contributed by atoms with E-state index in [4.69, 9.17) is 4.74 Å². The molecule has 200 valence electrons. The van der Waals surface area contributed by atoms with Crippen LogP contribution in [-0.2, 0) is 21.4 Å². The fourth-order valence-electron chi connectivity index (χ4n) is 6.11. The molecule has 0 saturated carbocycles. The average Bonchev–Trinajstić information content (AvgIpc) is 3.23. The topological polar surface area (TPSA) is 96.8 Å². The molecule has 0 aliphatic carbocycles. The van der Waals surface area contributed by atoms with E-state index in [1.54, 1.807) is 4.68 Å².